The molecule has 0 aliphatic rings. The molecule has 3 aromatic rings. The van der Waals surface area contributed by atoms with Gasteiger partial charge in [-0.05, 0) is 23.8 Å². The van der Waals surface area contributed by atoms with Gasteiger partial charge in [-0.15, -0.1) is 0 Å². The number of aliphatic carboxylic acids is 1. The molecule has 156 valence electrons. The molecule has 1 atom stereocenters. The van der Waals surface area contributed by atoms with E-state index >= 15 is 0 Å². The second kappa shape index (κ2) is 9.69. The average Bonchev–Trinajstić information content (AvgIpc) is 3.17. The lowest BCUT2D eigenvalue weighted by atomic mass is 10.0. The van der Waals surface area contributed by atoms with Crippen LogP contribution in [0.2, 0.25) is 10.0 Å². The van der Waals surface area contributed by atoms with Crippen molar-refractivity contribution in [3.8, 4) is 11.4 Å². The van der Waals surface area contributed by atoms with E-state index in [1.54, 1.807) is 30.3 Å². The summed E-state index contributed by atoms with van der Waals surface area (Å²) in [7, 11) is 0. The minimum atomic E-state index is -1.11. The van der Waals surface area contributed by atoms with Crippen LogP contribution in [0.5, 0.6) is 0 Å². The summed E-state index contributed by atoms with van der Waals surface area (Å²) in [5.41, 5.74) is 0.591. The lowest BCUT2D eigenvalue weighted by Gasteiger charge is -2.19. The monoisotopic (exact) mass is 451 g/mol. The largest absolute Gasteiger partial charge is 0.481 e. The van der Waals surface area contributed by atoms with Gasteiger partial charge >= 0.3 is 5.97 Å². The minimum Gasteiger partial charge on any atom is -0.481 e. The molecule has 3 rings (SSSR count). The summed E-state index contributed by atoms with van der Waals surface area (Å²) in [4.78, 5) is 27.7. The van der Waals surface area contributed by atoms with Gasteiger partial charge in [-0.2, -0.15) is 4.98 Å². The van der Waals surface area contributed by atoms with Crippen LogP contribution >= 0.6 is 23.2 Å². The number of rotatable bonds is 8. The Morgan fingerprint density at radius 2 is 1.93 bits per heavy atom. The van der Waals surface area contributed by atoms with Crippen LogP contribution in [0.3, 0.4) is 0 Å². The summed E-state index contributed by atoms with van der Waals surface area (Å²) in [6, 6.07) is 9.90. The van der Waals surface area contributed by atoms with E-state index in [0.29, 0.717) is 5.56 Å². The zero-order chi connectivity index (χ0) is 21.7. The standard InChI is InChI=1S/C20H16Cl2FN3O4/c21-13-6-3-5-12(19(13)22)15(10-18(28)29)24-16(27)8-9-17-25-20(26-30-17)11-4-1-2-7-14(11)23/h1-7,15H,8-10H2,(H,24,27)(H,28,29)/t15-/m0/s1. The molecule has 10 heteroatoms. The lowest BCUT2D eigenvalue weighted by Crippen LogP contribution is -2.30. The van der Waals surface area contributed by atoms with Crippen LogP contribution in [0.15, 0.2) is 47.0 Å². The summed E-state index contributed by atoms with van der Waals surface area (Å²) in [5, 5.41) is 16.0. The van der Waals surface area contributed by atoms with Crippen LogP contribution in [0.4, 0.5) is 4.39 Å². The SMILES string of the molecule is O=C(O)C[C@H](NC(=O)CCc1nc(-c2ccccc2F)no1)c1cccc(Cl)c1Cl. The molecule has 0 radical (unpaired) electrons. The Labute approximate surface area is 180 Å². The predicted octanol–water partition coefficient (Wildman–Crippen LogP) is 4.45. The molecule has 1 aromatic heterocycles. The molecule has 0 aliphatic heterocycles. The van der Waals surface area contributed by atoms with Crippen molar-refractivity contribution in [3.63, 3.8) is 0 Å². The number of nitrogens with zero attached hydrogens (tertiary/aromatic N) is 2. The third-order valence-corrected chi connectivity index (χ3v) is 5.05. The summed E-state index contributed by atoms with van der Waals surface area (Å²) in [6.45, 7) is 0. The van der Waals surface area contributed by atoms with Crippen molar-refractivity contribution >= 4 is 35.1 Å². The molecule has 7 nitrogen and oxygen atoms in total. The van der Waals surface area contributed by atoms with Crippen LogP contribution in [0.25, 0.3) is 11.4 Å². The predicted molar refractivity (Wildman–Crippen MR) is 108 cm³/mol. The van der Waals surface area contributed by atoms with E-state index in [0.717, 1.165) is 0 Å². The summed E-state index contributed by atoms with van der Waals surface area (Å²) in [5.74, 6) is -1.81. The molecule has 2 N–H and O–H groups in total. The van der Waals surface area contributed by atoms with Gasteiger partial charge in [0, 0.05) is 12.8 Å². The maximum Gasteiger partial charge on any atom is 0.305 e. The van der Waals surface area contributed by atoms with Crippen molar-refractivity contribution in [1.82, 2.24) is 15.5 Å². The first-order valence-electron chi connectivity index (χ1n) is 8.87. The number of halogens is 3. The smallest absolute Gasteiger partial charge is 0.305 e. The fourth-order valence-corrected chi connectivity index (χ4v) is 3.24. The number of carbonyl (C=O) groups is 2. The van der Waals surface area contributed by atoms with Gasteiger partial charge in [0.25, 0.3) is 0 Å². The van der Waals surface area contributed by atoms with E-state index in [9.17, 15) is 14.0 Å². The number of carboxylic acid groups (broad SMARTS) is 1. The van der Waals surface area contributed by atoms with Crippen molar-refractivity contribution in [2.75, 3.05) is 0 Å². The van der Waals surface area contributed by atoms with Gasteiger partial charge in [-0.1, -0.05) is 52.6 Å². The van der Waals surface area contributed by atoms with Gasteiger partial charge < -0.3 is 14.9 Å². The van der Waals surface area contributed by atoms with Gasteiger partial charge in [-0.3, -0.25) is 9.59 Å². The molecule has 0 aliphatic carbocycles. The molecule has 30 heavy (non-hydrogen) atoms. The summed E-state index contributed by atoms with van der Waals surface area (Å²) < 4.78 is 18.9. The topological polar surface area (TPSA) is 105 Å². The van der Waals surface area contributed by atoms with Gasteiger partial charge in [0.2, 0.25) is 17.6 Å². The second-order valence-electron chi connectivity index (χ2n) is 6.35. The molecule has 2 aromatic carbocycles. The van der Waals surface area contributed by atoms with Crippen LogP contribution in [-0.4, -0.2) is 27.1 Å². The number of hydrogen-bond acceptors (Lipinski definition) is 5. The fraction of sp³-hybridized carbons (Fsp3) is 0.200. The number of hydrogen-bond donors (Lipinski definition) is 2. The maximum absolute atomic E-state index is 13.8. The normalized spacial score (nSPS) is 11.8. The van der Waals surface area contributed by atoms with Crippen molar-refractivity contribution in [2.45, 2.75) is 25.3 Å². The first-order chi connectivity index (χ1) is 14.3. The molecule has 0 fully saturated rings. The maximum atomic E-state index is 13.8. The number of carboxylic acids is 1. The number of benzene rings is 2. The third-order valence-electron chi connectivity index (χ3n) is 4.22. The van der Waals surface area contributed by atoms with Crippen molar-refractivity contribution in [1.29, 1.82) is 0 Å². The Kier molecular flexibility index (Phi) is 7.02. The average molecular weight is 452 g/mol. The molecule has 0 saturated heterocycles. The number of amides is 1. The minimum absolute atomic E-state index is 0.0484. The summed E-state index contributed by atoms with van der Waals surface area (Å²) >= 11 is 12.2. The van der Waals surface area contributed by atoms with E-state index in [-0.39, 0.29) is 46.6 Å². The van der Waals surface area contributed by atoms with E-state index in [2.05, 4.69) is 15.5 Å². The van der Waals surface area contributed by atoms with Crippen LogP contribution in [0, 0.1) is 5.82 Å². The highest BCUT2D eigenvalue weighted by atomic mass is 35.5. The fourth-order valence-electron chi connectivity index (χ4n) is 2.80. The quantitative estimate of drug-likeness (QED) is 0.524. The van der Waals surface area contributed by atoms with Crippen molar-refractivity contribution in [3.05, 3.63) is 69.8 Å². The number of carbonyl (C=O) groups excluding carboxylic acids is 1. The van der Waals surface area contributed by atoms with Crippen molar-refractivity contribution in [2.24, 2.45) is 0 Å². The van der Waals surface area contributed by atoms with E-state index < -0.39 is 23.7 Å². The molecular weight excluding hydrogens is 436 g/mol. The number of nitrogens with one attached hydrogen (secondary N) is 1. The van der Waals surface area contributed by atoms with Crippen molar-refractivity contribution < 1.29 is 23.6 Å². The molecular formula is C20H16Cl2FN3O4. The van der Waals surface area contributed by atoms with Gasteiger partial charge in [0.15, 0.2) is 0 Å². The first-order valence-corrected chi connectivity index (χ1v) is 9.63. The molecule has 0 saturated carbocycles. The first kappa shape index (κ1) is 21.7. The second-order valence-corrected chi connectivity index (χ2v) is 7.14. The highest BCUT2D eigenvalue weighted by Crippen LogP contribution is 2.31. The van der Waals surface area contributed by atoms with Crippen LogP contribution in [0.1, 0.15) is 30.3 Å². The van der Waals surface area contributed by atoms with E-state index in [4.69, 9.17) is 32.8 Å². The Bertz CT molecular complexity index is 1070. The van der Waals surface area contributed by atoms with E-state index in [1.165, 1.54) is 12.1 Å². The third kappa shape index (κ3) is 5.34. The molecule has 0 bridgehead atoms. The Morgan fingerprint density at radius 1 is 1.17 bits per heavy atom. The zero-order valence-electron chi connectivity index (χ0n) is 15.4. The van der Waals surface area contributed by atoms with Gasteiger partial charge in [0.1, 0.15) is 5.82 Å². The Morgan fingerprint density at radius 3 is 2.67 bits per heavy atom. The molecule has 1 heterocycles. The van der Waals surface area contributed by atoms with Gasteiger partial charge in [0.05, 0.1) is 28.1 Å². The molecule has 0 unspecified atom stereocenters. The van der Waals surface area contributed by atoms with Gasteiger partial charge in [-0.25, -0.2) is 4.39 Å². The van der Waals surface area contributed by atoms with E-state index in [1.807, 2.05) is 0 Å². The highest BCUT2D eigenvalue weighted by molar-refractivity contribution is 6.42. The van der Waals surface area contributed by atoms with Crippen LogP contribution in [-0.2, 0) is 16.0 Å². The molecule has 0 spiro atoms. The number of aromatic nitrogens is 2. The Hall–Kier alpha value is -2.97. The molecule has 1 amide bonds. The Balaban J connectivity index is 1.66. The lowest BCUT2D eigenvalue weighted by molar-refractivity contribution is -0.137. The van der Waals surface area contributed by atoms with Crippen LogP contribution < -0.4 is 5.32 Å². The number of aryl methyl sites for hydroxylation is 1. The summed E-state index contributed by atoms with van der Waals surface area (Å²) in [6.07, 6.45) is -0.326. The highest BCUT2D eigenvalue weighted by Gasteiger charge is 2.22. The zero-order valence-corrected chi connectivity index (χ0v) is 17.0.